The molecule has 0 spiro atoms. The lowest BCUT2D eigenvalue weighted by Gasteiger charge is -2.09. The van der Waals surface area contributed by atoms with E-state index in [1.807, 2.05) is 6.92 Å². The fourth-order valence-corrected chi connectivity index (χ4v) is 1.45. The monoisotopic (exact) mass is 268 g/mol. The van der Waals surface area contributed by atoms with Gasteiger partial charge in [0.15, 0.2) is 5.82 Å². The number of alkyl halides is 3. The van der Waals surface area contributed by atoms with E-state index in [9.17, 15) is 13.2 Å². The quantitative estimate of drug-likeness (QED) is 0.787. The van der Waals surface area contributed by atoms with Crippen molar-refractivity contribution in [2.75, 3.05) is 6.61 Å². The van der Waals surface area contributed by atoms with E-state index in [2.05, 4.69) is 14.7 Å². The third-order valence-corrected chi connectivity index (χ3v) is 2.43. The lowest BCUT2D eigenvalue weighted by Crippen LogP contribution is -2.17. The van der Waals surface area contributed by atoms with E-state index < -0.39 is 12.8 Å². The fourth-order valence-electron chi connectivity index (χ4n) is 1.25. The molecule has 0 aromatic carbocycles. The molecule has 0 aliphatic heterocycles. The van der Waals surface area contributed by atoms with Crippen molar-refractivity contribution < 1.29 is 17.9 Å². The first-order valence-corrected chi connectivity index (χ1v) is 5.37. The van der Waals surface area contributed by atoms with Crippen LogP contribution in [-0.2, 0) is 17.8 Å². The Labute approximate surface area is 102 Å². The number of hydrogen-bond acceptors (Lipinski definition) is 3. The molecule has 1 aromatic rings. The molecule has 1 aromatic heterocycles. The molecular formula is C10H12ClF3N2O. The maximum Gasteiger partial charge on any atom is 0.411 e. The normalized spacial score (nSPS) is 11.9. The van der Waals surface area contributed by atoms with Crippen molar-refractivity contribution in [1.29, 1.82) is 0 Å². The predicted octanol–water partition coefficient (Wildman–Crippen LogP) is 3.08. The van der Waals surface area contributed by atoms with E-state index in [0.717, 1.165) is 11.3 Å². The van der Waals surface area contributed by atoms with Gasteiger partial charge in [-0.25, -0.2) is 9.97 Å². The summed E-state index contributed by atoms with van der Waals surface area (Å²) < 4.78 is 40.0. The Hall–Kier alpha value is -0.880. The van der Waals surface area contributed by atoms with Crippen molar-refractivity contribution in [2.24, 2.45) is 0 Å². The summed E-state index contributed by atoms with van der Waals surface area (Å²) in [5.41, 5.74) is 1.46. The number of nitrogens with zero attached hydrogens (tertiary/aromatic N) is 2. The van der Waals surface area contributed by atoms with Crippen LogP contribution in [0.15, 0.2) is 0 Å². The van der Waals surface area contributed by atoms with E-state index in [1.165, 1.54) is 0 Å². The van der Waals surface area contributed by atoms with Gasteiger partial charge in [-0.05, 0) is 13.3 Å². The maximum absolute atomic E-state index is 11.9. The van der Waals surface area contributed by atoms with Crippen LogP contribution in [0.2, 0.25) is 5.15 Å². The topological polar surface area (TPSA) is 35.0 Å². The molecule has 96 valence electrons. The lowest BCUT2D eigenvalue weighted by atomic mass is 10.2. The number of rotatable bonds is 4. The average Bonchev–Trinajstić information content (AvgIpc) is 2.21. The number of hydrogen-bond donors (Lipinski definition) is 0. The Kier molecular flexibility index (Phi) is 4.70. The molecule has 0 saturated carbocycles. The summed E-state index contributed by atoms with van der Waals surface area (Å²) >= 11 is 5.84. The zero-order valence-electron chi connectivity index (χ0n) is 9.44. The van der Waals surface area contributed by atoms with Crippen molar-refractivity contribution >= 4 is 11.6 Å². The molecule has 0 aliphatic carbocycles. The van der Waals surface area contributed by atoms with Gasteiger partial charge >= 0.3 is 6.18 Å². The Morgan fingerprint density at radius 2 is 1.94 bits per heavy atom. The van der Waals surface area contributed by atoms with Gasteiger partial charge in [-0.2, -0.15) is 13.2 Å². The van der Waals surface area contributed by atoms with Gasteiger partial charge in [0.25, 0.3) is 0 Å². The second kappa shape index (κ2) is 5.64. The van der Waals surface area contributed by atoms with Gasteiger partial charge in [0, 0.05) is 11.3 Å². The molecule has 7 heteroatoms. The predicted molar refractivity (Wildman–Crippen MR) is 56.9 cm³/mol. The van der Waals surface area contributed by atoms with Crippen LogP contribution in [0, 0.1) is 6.92 Å². The van der Waals surface area contributed by atoms with Gasteiger partial charge < -0.3 is 4.74 Å². The molecule has 1 heterocycles. The van der Waals surface area contributed by atoms with E-state index in [0.29, 0.717) is 6.42 Å². The molecule has 0 fully saturated rings. The van der Waals surface area contributed by atoms with Crippen LogP contribution in [-0.4, -0.2) is 22.8 Å². The van der Waals surface area contributed by atoms with Gasteiger partial charge in [-0.1, -0.05) is 18.5 Å². The van der Waals surface area contributed by atoms with Crippen LogP contribution < -0.4 is 0 Å². The molecule has 0 unspecified atom stereocenters. The fraction of sp³-hybridized carbons (Fsp3) is 0.600. The van der Waals surface area contributed by atoms with E-state index in [4.69, 9.17) is 11.6 Å². The van der Waals surface area contributed by atoms with Gasteiger partial charge in [0.05, 0.1) is 0 Å². The summed E-state index contributed by atoms with van der Waals surface area (Å²) in [4.78, 5) is 7.95. The van der Waals surface area contributed by atoms with Crippen molar-refractivity contribution in [1.82, 2.24) is 9.97 Å². The molecule has 0 aliphatic rings. The molecule has 1 rings (SSSR count). The summed E-state index contributed by atoms with van der Waals surface area (Å²) in [7, 11) is 0. The number of aromatic nitrogens is 2. The molecular weight excluding hydrogens is 257 g/mol. The summed E-state index contributed by atoms with van der Waals surface area (Å²) in [6, 6.07) is 0. The average molecular weight is 269 g/mol. The second-order valence-electron chi connectivity index (χ2n) is 3.46. The summed E-state index contributed by atoms with van der Waals surface area (Å²) in [6.45, 7) is 2.03. The van der Waals surface area contributed by atoms with Crippen LogP contribution in [0.25, 0.3) is 0 Å². The van der Waals surface area contributed by atoms with Crippen LogP contribution in [0.4, 0.5) is 13.2 Å². The zero-order valence-corrected chi connectivity index (χ0v) is 10.2. The standard InChI is InChI=1S/C10H12ClF3N2O/c1-3-7-6(2)9(11)16-8(15-7)4-17-5-10(12,13)14/h3-5H2,1-2H3. The molecule has 0 N–H and O–H groups in total. The zero-order chi connectivity index (χ0) is 13.1. The maximum atomic E-state index is 11.9. The van der Waals surface area contributed by atoms with Gasteiger partial charge in [0.1, 0.15) is 18.4 Å². The second-order valence-corrected chi connectivity index (χ2v) is 3.82. The van der Waals surface area contributed by atoms with Crippen LogP contribution >= 0.6 is 11.6 Å². The first kappa shape index (κ1) is 14.2. The summed E-state index contributed by atoms with van der Waals surface area (Å²) in [5, 5.41) is 0.252. The third-order valence-electron chi connectivity index (χ3n) is 2.07. The third kappa shape index (κ3) is 4.47. The Morgan fingerprint density at radius 3 is 2.47 bits per heavy atom. The number of halogens is 4. The Balaban J connectivity index is 2.69. The molecule has 0 amide bonds. The first-order chi connectivity index (χ1) is 7.83. The van der Waals surface area contributed by atoms with Gasteiger partial charge in [0.2, 0.25) is 0 Å². The smallest absolute Gasteiger partial charge is 0.364 e. The van der Waals surface area contributed by atoms with Crippen molar-refractivity contribution in [2.45, 2.75) is 33.1 Å². The molecule has 17 heavy (non-hydrogen) atoms. The first-order valence-electron chi connectivity index (χ1n) is 5.00. The van der Waals surface area contributed by atoms with E-state index in [-0.39, 0.29) is 17.6 Å². The molecule has 0 bridgehead atoms. The minimum Gasteiger partial charge on any atom is -0.364 e. The lowest BCUT2D eigenvalue weighted by molar-refractivity contribution is -0.177. The summed E-state index contributed by atoms with van der Waals surface area (Å²) in [5.74, 6) is 0.168. The van der Waals surface area contributed by atoms with Crippen LogP contribution in [0.1, 0.15) is 24.0 Å². The molecule has 0 saturated heterocycles. The molecule has 3 nitrogen and oxygen atoms in total. The highest BCUT2D eigenvalue weighted by Crippen LogP contribution is 2.18. The van der Waals surface area contributed by atoms with Crippen molar-refractivity contribution in [3.8, 4) is 0 Å². The highest BCUT2D eigenvalue weighted by Gasteiger charge is 2.27. The molecule has 0 radical (unpaired) electrons. The van der Waals surface area contributed by atoms with E-state index >= 15 is 0 Å². The Morgan fingerprint density at radius 1 is 1.29 bits per heavy atom. The molecule has 0 atom stereocenters. The largest absolute Gasteiger partial charge is 0.411 e. The highest BCUT2D eigenvalue weighted by atomic mass is 35.5. The van der Waals surface area contributed by atoms with Gasteiger partial charge in [-0.15, -0.1) is 0 Å². The number of ether oxygens (including phenoxy) is 1. The van der Waals surface area contributed by atoms with Crippen LogP contribution in [0.5, 0.6) is 0 Å². The van der Waals surface area contributed by atoms with Gasteiger partial charge in [-0.3, -0.25) is 0 Å². The van der Waals surface area contributed by atoms with Crippen molar-refractivity contribution in [3.05, 3.63) is 22.2 Å². The SMILES string of the molecule is CCc1nc(COCC(F)(F)F)nc(Cl)c1C. The van der Waals surface area contributed by atoms with Crippen molar-refractivity contribution in [3.63, 3.8) is 0 Å². The Bertz CT molecular complexity index is 396. The van der Waals surface area contributed by atoms with E-state index in [1.54, 1.807) is 6.92 Å². The summed E-state index contributed by atoms with van der Waals surface area (Å²) in [6.07, 6.45) is -3.71. The van der Waals surface area contributed by atoms with Crippen LogP contribution in [0.3, 0.4) is 0 Å². The number of aryl methyl sites for hydroxylation is 1. The highest BCUT2D eigenvalue weighted by molar-refractivity contribution is 6.30. The minimum absolute atomic E-state index is 0.168. The minimum atomic E-state index is -4.35.